The average Bonchev–Trinajstić information content (AvgIpc) is 3.48. The summed E-state index contributed by atoms with van der Waals surface area (Å²) in [7, 11) is 0. The molecule has 4 N–H and O–H groups in total. The number of carbonyl (C=O) groups is 2. The van der Waals surface area contributed by atoms with Gasteiger partial charge in [0.05, 0.1) is 17.8 Å². The third-order valence-electron chi connectivity index (χ3n) is 6.33. The van der Waals surface area contributed by atoms with Crippen LogP contribution in [0.2, 0.25) is 0 Å². The summed E-state index contributed by atoms with van der Waals surface area (Å²) in [5.41, 5.74) is 14.2. The van der Waals surface area contributed by atoms with Crippen molar-refractivity contribution in [3.8, 4) is 0 Å². The van der Waals surface area contributed by atoms with Gasteiger partial charge in [-0.15, -0.1) is 5.53 Å². The molecule has 11 nitrogen and oxygen atoms in total. The Morgan fingerprint density at radius 1 is 1.18 bits per heavy atom. The maximum atomic E-state index is 12.4. The smallest absolute Gasteiger partial charge is 0.375 e. The summed E-state index contributed by atoms with van der Waals surface area (Å²) in [6, 6.07) is 12.2. The Labute approximate surface area is 243 Å². The van der Waals surface area contributed by atoms with Gasteiger partial charge in [0.1, 0.15) is 0 Å². The van der Waals surface area contributed by atoms with Crippen molar-refractivity contribution in [3.63, 3.8) is 0 Å². The summed E-state index contributed by atoms with van der Waals surface area (Å²) in [6.07, 6.45) is 11.9. The van der Waals surface area contributed by atoms with E-state index in [0.29, 0.717) is 18.2 Å². The van der Waals surface area contributed by atoms with Crippen LogP contribution >= 0.6 is 11.8 Å². The van der Waals surface area contributed by atoms with Crippen molar-refractivity contribution in [2.75, 3.05) is 25.4 Å². The molecule has 4 heterocycles. The molecule has 3 amide bonds. The number of nitrogens with zero attached hydrogens (tertiary/aromatic N) is 5. The molecule has 211 valence electrons. The molecule has 1 radical (unpaired) electrons. The van der Waals surface area contributed by atoms with Gasteiger partial charge in [-0.2, -0.15) is 11.8 Å². The first-order chi connectivity index (χ1) is 18.6. The normalized spacial score (nSPS) is 19.0. The van der Waals surface area contributed by atoms with E-state index in [2.05, 4.69) is 30.8 Å². The van der Waals surface area contributed by atoms with Gasteiger partial charge in [-0.3, -0.25) is 14.8 Å². The summed E-state index contributed by atoms with van der Waals surface area (Å²) in [6.45, 7) is 2.12. The molecule has 0 aliphatic carbocycles. The zero-order chi connectivity index (χ0) is 27.0. The topological polar surface area (TPSA) is 160 Å². The van der Waals surface area contributed by atoms with E-state index in [0.717, 1.165) is 55.9 Å². The van der Waals surface area contributed by atoms with Crippen molar-refractivity contribution in [1.82, 2.24) is 30.8 Å². The number of rotatable bonds is 13. The zero-order valence-electron chi connectivity index (χ0n) is 21.6. The fraction of sp³-hybridized carbons (Fsp3) is 0.462. The summed E-state index contributed by atoms with van der Waals surface area (Å²) in [4.78, 5) is 36.6. The SMILES string of the molecule is O=C(CCCC[C@@H]1SC[C@@H]2NC(=O)N[C@@H]21)NCCN(/C=C/c1ccccn1)CCc1ccccn1.[Cu+2].[N-]=[N+]=N. The number of unbranched alkanes of at least 4 members (excludes halogenated alkanes) is 1. The van der Waals surface area contributed by atoms with Gasteiger partial charge in [-0.1, -0.05) is 18.6 Å². The van der Waals surface area contributed by atoms with Gasteiger partial charge in [-0.25, -0.2) is 4.79 Å². The molecule has 2 aliphatic heterocycles. The van der Waals surface area contributed by atoms with Gasteiger partial charge in [0, 0.05) is 67.8 Å². The van der Waals surface area contributed by atoms with Crippen molar-refractivity contribution in [2.45, 2.75) is 49.4 Å². The molecule has 39 heavy (non-hydrogen) atoms. The van der Waals surface area contributed by atoms with Gasteiger partial charge in [-0.05, 0) is 53.6 Å². The first kappa shape index (κ1) is 32.0. The number of aromatic nitrogens is 2. The van der Waals surface area contributed by atoms with Crippen LogP contribution in [-0.4, -0.2) is 69.5 Å². The molecule has 2 aromatic heterocycles. The van der Waals surface area contributed by atoms with Crippen molar-refractivity contribution in [2.24, 2.45) is 0 Å². The maximum absolute atomic E-state index is 12.4. The molecule has 0 saturated carbocycles. The molecule has 2 aromatic rings. The van der Waals surface area contributed by atoms with E-state index in [9.17, 15) is 9.59 Å². The third kappa shape index (κ3) is 11.6. The molecule has 0 unspecified atom stereocenters. The minimum absolute atomic E-state index is 0. The Hall–Kier alpha value is -3.24. The minimum atomic E-state index is -0.0476. The number of hydrogen-bond acceptors (Lipinski definition) is 7. The minimum Gasteiger partial charge on any atom is -0.375 e. The van der Waals surface area contributed by atoms with Crippen molar-refractivity contribution >= 4 is 29.8 Å². The molecular formula is C26H35CuN9O2S+2. The molecular weight excluding hydrogens is 566 g/mol. The van der Waals surface area contributed by atoms with E-state index in [4.69, 9.17) is 11.1 Å². The Morgan fingerprint density at radius 2 is 1.95 bits per heavy atom. The number of nitrogens with one attached hydrogen (secondary N) is 4. The van der Waals surface area contributed by atoms with Gasteiger partial charge < -0.3 is 20.9 Å². The molecule has 0 aromatic carbocycles. The number of hydrogen-bond donors (Lipinski definition) is 4. The Balaban J connectivity index is 0.00000127. The number of thioether (sulfide) groups is 1. The van der Waals surface area contributed by atoms with Gasteiger partial charge in [0.25, 0.3) is 0 Å². The van der Waals surface area contributed by atoms with Gasteiger partial charge in [0.2, 0.25) is 5.91 Å². The zero-order valence-corrected chi connectivity index (χ0v) is 23.4. The van der Waals surface area contributed by atoms with Crippen LogP contribution in [0.1, 0.15) is 37.1 Å². The molecule has 2 fully saturated rings. The van der Waals surface area contributed by atoms with Crippen molar-refractivity contribution in [3.05, 3.63) is 76.8 Å². The molecule has 13 heteroatoms. The largest absolute Gasteiger partial charge is 2.00 e. The van der Waals surface area contributed by atoms with Crippen LogP contribution in [0.5, 0.6) is 0 Å². The second-order valence-electron chi connectivity index (χ2n) is 8.99. The first-order valence-electron chi connectivity index (χ1n) is 12.8. The molecule has 0 spiro atoms. The van der Waals surface area contributed by atoms with Gasteiger partial charge >= 0.3 is 23.1 Å². The van der Waals surface area contributed by atoms with E-state index in [1.54, 1.807) is 11.1 Å². The Bertz CT molecular complexity index is 1070. The van der Waals surface area contributed by atoms with Crippen molar-refractivity contribution < 1.29 is 26.7 Å². The Kier molecular flexibility index (Phi) is 14.9. The number of fused-ring (bicyclic) bond motifs is 1. The molecule has 0 bridgehead atoms. The molecule has 3 atom stereocenters. The third-order valence-corrected chi connectivity index (χ3v) is 7.84. The number of carbonyl (C=O) groups excluding carboxylic acids is 2. The predicted octanol–water partition coefficient (Wildman–Crippen LogP) is 3.71. The van der Waals surface area contributed by atoms with E-state index in [1.165, 1.54) is 0 Å². The first-order valence-corrected chi connectivity index (χ1v) is 13.8. The number of urea groups is 1. The monoisotopic (exact) mass is 600 g/mol. The van der Waals surface area contributed by atoms with Gasteiger partial charge in [0.15, 0.2) is 0 Å². The quantitative estimate of drug-likeness (QED) is 0.0685. The van der Waals surface area contributed by atoms with Crippen LogP contribution in [0, 0.1) is 5.53 Å². The second-order valence-corrected chi connectivity index (χ2v) is 10.3. The molecule has 4 rings (SSSR count). The number of pyridine rings is 2. The summed E-state index contributed by atoms with van der Waals surface area (Å²) < 4.78 is 0. The van der Waals surface area contributed by atoms with E-state index in [1.807, 2.05) is 66.6 Å². The van der Waals surface area contributed by atoms with Crippen LogP contribution in [0.25, 0.3) is 16.5 Å². The fourth-order valence-electron chi connectivity index (χ4n) is 4.42. The number of amides is 3. The van der Waals surface area contributed by atoms with E-state index < -0.39 is 0 Å². The van der Waals surface area contributed by atoms with Crippen LogP contribution < -0.4 is 16.0 Å². The predicted molar refractivity (Wildman–Crippen MR) is 149 cm³/mol. The van der Waals surface area contributed by atoms with Crippen LogP contribution in [0.4, 0.5) is 4.79 Å². The standard InChI is InChI=1S/C26H34N6O2S.Cu.HN3/c33-24(10-2-1-9-23-25-22(19-35-23)30-26(34)31-25)29-15-18-32(16-11-20-7-3-5-13-27-20)17-12-21-8-4-6-14-28-21;;1-3-2/h3-8,11,13-14,16,22-23,25H,1-2,9-10,12,15,17-19H2,(H,29,33)(H2,30,31,34);;1H/q;+2;/b16-11+;;/t22-,23-,25-;;/m0../s1. The second kappa shape index (κ2) is 18.1. The molecule has 2 saturated heterocycles. The average molecular weight is 601 g/mol. The Morgan fingerprint density at radius 3 is 2.67 bits per heavy atom. The maximum Gasteiger partial charge on any atom is 2.00 e. The summed E-state index contributed by atoms with van der Waals surface area (Å²) in [5.74, 6) is 1.07. The van der Waals surface area contributed by atoms with Crippen LogP contribution in [0.3, 0.4) is 0 Å². The summed E-state index contributed by atoms with van der Waals surface area (Å²) in [5, 5.41) is 9.51. The van der Waals surface area contributed by atoms with Crippen LogP contribution in [0.15, 0.2) is 55.0 Å². The van der Waals surface area contributed by atoms with Crippen molar-refractivity contribution in [1.29, 1.82) is 5.53 Å². The van der Waals surface area contributed by atoms with E-state index in [-0.39, 0.29) is 41.1 Å². The van der Waals surface area contributed by atoms with E-state index >= 15 is 0 Å². The summed E-state index contributed by atoms with van der Waals surface area (Å²) >= 11 is 1.92. The molecule has 2 aliphatic rings. The van der Waals surface area contributed by atoms with Crippen LogP contribution in [-0.2, 0) is 28.3 Å². The fourth-order valence-corrected chi connectivity index (χ4v) is 5.97.